The van der Waals surface area contributed by atoms with Crippen molar-refractivity contribution in [1.82, 2.24) is 19.8 Å². The largest absolute Gasteiger partial charge is 0.493 e. The third kappa shape index (κ3) is 8.08. The molecule has 0 aliphatic carbocycles. The van der Waals surface area contributed by atoms with Gasteiger partial charge in [0.25, 0.3) is 11.8 Å². The minimum atomic E-state index is -5.73. The third-order valence-corrected chi connectivity index (χ3v) is 8.69. The van der Waals surface area contributed by atoms with Crippen molar-refractivity contribution in [2.75, 3.05) is 52.3 Å². The van der Waals surface area contributed by atoms with Crippen LogP contribution in [-0.4, -0.2) is 115 Å². The number of ether oxygens (including phenoxy) is 1. The smallest absolute Gasteiger partial charge is 0.492 e. The molecule has 2 aromatic rings. The molecule has 2 aliphatic heterocycles. The van der Waals surface area contributed by atoms with Crippen LogP contribution in [0.2, 0.25) is 0 Å². The number of hydroxylamine groups is 2. The first kappa shape index (κ1) is 39.8. The fraction of sp³-hybridized carbons (Fsp3) is 0.485. The lowest BCUT2D eigenvalue weighted by molar-refractivity contribution is -0.236. The fourth-order valence-corrected chi connectivity index (χ4v) is 5.95. The summed E-state index contributed by atoms with van der Waals surface area (Å²) in [5.74, 6) is -8.90. The first-order valence-corrected chi connectivity index (χ1v) is 15.9. The molecule has 4 rings (SSSR count). The van der Waals surface area contributed by atoms with Crippen LogP contribution in [0.25, 0.3) is 0 Å². The number of benzene rings is 2. The van der Waals surface area contributed by atoms with E-state index in [4.69, 9.17) is 4.74 Å². The second kappa shape index (κ2) is 15.0. The van der Waals surface area contributed by atoms with Crippen molar-refractivity contribution in [3.05, 3.63) is 59.4 Å². The molecule has 5 amide bonds. The highest BCUT2D eigenvalue weighted by atomic mass is 19.4. The number of carbonyl (C=O) groups is 5. The first-order chi connectivity index (χ1) is 24.1. The van der Waals surface area contributed by atoms with E-state index in [2.05, 4.69) is 4.84 Å². The van der Waals surface area contributed by atoms with Crippen molar-refractivity contribution >= 4 is 35.4 Å². The SMILES string of the molecule is CC(C)[C@H](C(=O)N1CCC2(CC1)C(=O)N(C)C(=O)N2c1ccc(OCCN(C)C)cc1)N(OC(=O)C(F)(F)F)C(=O)c1cc(C(F)(F)F)ccc1F. The second-order valence-electron chi connectivity index (χ2n) is 12.9. The van der Waals surface area contributed by atoms with Gasteiger partial charge >= 0.3 is 24.4 Å². The van der Waals surface area contributed by atoms with E-state index in [-0.39, 0.29) is 49.2 Å². The van der Waals surface area contributed by atoms with Gasteiger partial charge in [-0.05, 0) is 75.3 Å². The van der Waals surface area contributed by atoms with Gasteiger partial charge in [-0.2, -0.15) is 31.4 Å². The van der Waals surface area contributed by atoms with Gasteiger partial charge in [-0.1, -0.05) is 13.8 Å². The predicted octanol–water partition coefficient (Wildman–Crippen LogP) is 4.73. The van der Waals surface area contributed by atoms with E-state index in [0.29, 0.717) is 24.6 Å². The van der Waals surface area contributed by atoms with Crippen LogP contribution >= 0.6 is 0 Å². The van der Waals surface area contributed by atoms with Crippen LogP contribution in [0.4, 0.5) is 41.2 Å². The average molecular weight is 748 g/mol. The molecule has 0 bridgehead atoms. The standard InChI is InChI=1S/C33H36F7N5O7/c1-19(2)25(45(52-29(49)33(38,39)40)26(46)23-18-20(32(35,36)37)6-11-24(23)34)27(47)43-14-12-31(13-15-43)28(48)42(5)30(50)44(31)21-7-9-22(10-8-21)51-17-16-41(3)4/h6-11,18-19,25H,12-17H2,1-5H3/t25-/m1/s1. The maximum absolute atomic E-state index is 14.8. The Morgan fingerprint density at radius 3 is 2.06 bits per heavy atom. The van der Waals surface area contributed by atoms with Crippen molar-refractivity contribution in [2.24, 2.45) is 5.92 Å². The number of amides is 5. The molecule has 0 unspecified atom stereocenters. The molecule has 0 N–H and O–H groups in total. The number of hydrogen-bond acceptors (Lipinski definition) is 8. The summed E-state index contributed by atoms with van der Waals surface area (Å²) in [6.07, 6.45) is -11.2. The predicted molar refractivity (Wildman–Crippen MR) is 168 cm³/mol. The number of urea groups is 1. The number of piperidine rings is 1. The number of hydrogen-bond donors (Lipinski definition) is 0. The van der Waals surface area contributed by atoms with Crippen molar-refractivity contribution < 1.29 is 64.3 Å². The van der Waals surface area contributed by atoms with Gasteiger partial charge in [0.1, 0.15) is 23.7 Å². The van der Waals surface area contributed by atoms with Crippen molar-refractivity contribution in [3.8, 4) is 5.75 Å². The summed E-state index contributed by atoms with van der Waals surface area (Å²) in [7, 11) is 5.03. The Morgan fingerprint density at radius 1 is 0.942 bits per heavy atom. The van der Waals surface area contributed by atoms with Gasteiger partial charge in [-0.25, -0.2) is 14.0 Å². The normalized spacial score (nSPS) is 16.9. The molecule has 2 aliphatic rings. The van der Waals surface area contributed by atoms with Crippen LogP contribution in [0.5, 0.6) is 5.75 Å². The second-order valence-corrected chi connectivity index (χ2v) is 12.9. The summed E-state index contributed by atoms with van der Waals surface area (Å²) >= 11 is 0. The summed E-state index contributed by atoms with van der Waals surface area (Å²) in [5.41, 5.74) is -4.11. The highest BCUT2D eigenvalue weighted by molar-refractivity contribution is 6.16. The van der Waals surface area contributed by atoms with Crippen molar-refractivity contribution in [2.45, 2.75) is 50.6 Å². The van der Waals surface area contributed by atoms with E-state index < -0.39 is 76.5 Å². The van der Waals surface area contributed by atoms with Gasteiger partial charge in [0.15, 0.2) is 6.04 Å². The Balaban J connectivity index is 1.64. The molecule has 12 nitrogen and oxygen atoms in total. The van der Waals surface area contributed by atoms with E-state index in [1.165, 1.54) is 25.8 Å². The molecular formula is C33H36F7N5O7. The zero-order valence-corrected chi connectivity index (χ0v) is 28.7. The summed E-state index contributed by atoms with van der Waals surface area (Å²) in [6, 6.07) is 4.19. The van der Waals surface area contributed by atoms with Crippen LogP contribution in [0.1, 0.15) is 42.6 Å². The van der Waals surface area contributed by atoms with E-state index in [0.717, 1.165) is 9.80 Å². The lowest BCUT2D eigenvalue weighted by Crippen LogP contribution is -2.61. The third-order valence-electron chi connectivity index (χ3n) is 8.69. The summed E-state index contributed by atoms with van der Waals surface area (Å²) in [4.78, 5) is 75.8. The van der Waals surface area contributed by atoms with Crippen LogP contribution < -0.4 is 9.64 Å². The quantitative estimate of drug-likeness (QED) is 0.205. The summed E-state index contributed by atoms with van der Waals surface area (Å²) in [6.45, 7) is 2.92. The molecular weight excluding hydrogens is 711 g/mol. The first-order valence-electron chi connectivity index (χ1n) is 15.9. The number of likely N-dealkylation sites (tertiary alicyclic amines) is 1. The summed E-state index contributed by atoms with van der Waals surface area (Å²) < 4.78 is 101. The van der Waals surface area contributed by atoms with Gasteiger partial charge < -0.3 is 19.4 Å². The molecule has 1 spiro atoms. The zero-order valence-electron chi connectivity index (χ0n) is 28.7. The van der Waals surface area contributed by atoms with Crippen LogP contribution in [0, 0.1) is 11.7 Å². The highest BCUT2D eigenvalue weighted by Gasteiger charge is 2.58. The molecule has 0 radical (unpaired) electrons. The number of imide groups is 1. The molecule has 0 saturated carbocycles. The van der Waals surface area contributed by atoms with Crippen molar-refractivity contribution in [1.29, 1.82) is 0 Å². The van der Waals surface area contributed by atoms with Gasteiger partial charge in [0.2, 0.25) is 5.91 Å². The highest BCUT2D eigenvalue weighted by Crippen LogP contribution is 2.41. The Kier molecular flexibility index (Phi) is 11.5. The van der Waals surface area contributed by atoms with Crippen LogP contribution in [0.15, 0.2) is 42.5 Å². The van der Waals surface area contributed by atoms with Crippen LogP contribution in [-0.2, 0) is 25.4 Å². The van der Waals surface area contributed by atoms with Crippen molar-refractivity contribution in [3.63, 3.8) is 0 Å². The number of carbonyl (C=O) groups excluding carboxylic acids is 5. The molecule has 2 aromatic carbocycles. The molecule has 0 aromatic heterocycles. The van der Waals surface area contributed by atoms with Gasteiger partial charge in [-0.15, -0.1) is 0 Å². The molecule has 1 atom stereocenters. The number of nitrogens with zero attached hydrogens (tertiary/aromatic N) is 5. The zero-order chi connectivity index (χ0) is 38.9. The number of rotatable bonds is 9. The van der Waals surface area contributed by atoms with E-state index in [1.54, 1.807) is 24.3 Å². The number of alkyl halides is 6. The molecule has 2 fully saturated rings. The molecule has 52 heavy (non-hydrogen) atoms. The number of likely N-dealkylation sites (N-methyl/N-ethyl adjacent to an activating group) is 2. The minimum Gasteiger partial charge on any atom is -0.492 e. The molecule has 2 heterocycles. The lowest BCUT2D eigenvalue weighted by Gasteiger charge is -2.43. The topological polar surface area (TPSA) is 120 Å². The Hall–Kier alpha value is -4.94. The van der Waals surface area contributed by atoms with Gasteiger partial charge in [0, 0.05) is 32.4 Å². The average Bonchev–Trinajstić information content (AvgIpc) is 3.23. The lowest BCUT2D eigenvalue weighted by atomic mass is 9.85. The Labute approximate surface area is 293 Å². The monoisotopic (exact) mass is 747 g/mol. The van der Waals surface area contributed by atoms with E-state index in [9.17, 15) is 54.7 Å². The fourth-order valence-electron chi connectivity index (χ4n) is 5.95. The maximum atomic E-state index is 14.8. The minimum absolute atomic E-state index is 0.0227. The van der Waals surface area contributed by atoms with E-state index >= 15 is 0 Å². The summed E-state index contributed by atoms with van der Waals surface area (Å²) in [5, 5.41) is -0.363. The van der Waals surface area contributed by atoms with Crippen LogP contribution in [0.3, 0.4) is 0 Å². The van der Waals surface area contributed by atoms with E-state index in [1.807, 2.05) is 19.0 Å². The Morgan fingerprint density at radius 2 is 1.54 bits per heavy atom. The van der Waals surface area contributed by atoms with Gasteiger partial charge in [-0.3, -0.25) is 24.2 Å². The number of halogens is 7. The molecule has 2 saturated heterocycles. The molecule has 19 heteroatoms. The Bertz CT molecular complexity index is 1690. The number of anilines is 1. The maximum Gasteiger partial charge on any atom is 0.493 e. The van der Waals surface area contributed by atoms with Gasteiger partial charge in [0.05, 0.1) is 11.1 Å². The molecule has 284 valence electrons.